The highest BCUT2D eigenvalue weighted by atomic mass is 16.5. The van der Waals surface area contributed by atoms with E-state index in [1.807, 2.05) is 6.07 Å². The number of furan rings is 1. The maximum absolute atomic E-state index is 11.6. The molecule has 0 atom stereocenters. The first kappa shape index (κ1) is 16.6. The average Bonchev–Trinajstić information content (AvgIpc) is 3.39. The molecule has 1 amide bonds. The molecule has 5 rings (SSSR count). The van der Waals surface area contributed by atoms with Gasteiger partial charge in [0.25, 0.3) is 5.91 Å². The second-order valence-electron chi connectivity index (χ2n) is 6.93. The van der Waals surface area contributed by atoms with Gasteiger partial charge in [-0.15, -0.1) is 0 Å². The summed E-state index contributed by atoms with van der Waals surface area (Å²) in [6.45, 7) is 0.828. The number of aromatic nitrogens is 2. The molecule has 0 bridgehead atoms. The molecule has 0 spiro atoms. The van der Waals surface area contributed by atoms with Gasteiger partial charge < -0.3 is 19.5 Å². The lowest BCUT2D eigenvalue weighted by molar-refractivity contribution is 0.0972. The van der Waals surface area contributed by atoms with Crippen molar-refractivity contribution in [2.24, 2.45) is 5.73 Å². The minimum atomic E-state index is -0.544. The number of rotatable bonds is 5. The van der Waals surface area contributed by atoms with Crippen molar-refractivity contribution < 1.29 is 13.9 Å². The van der Waals surface area contributed by atoms with Crippen LogP contribution in [0.3, 0.4) is 0 Å². The molecule has 1 aliphatic heterocycles. The number of aryl methyl sites for hydroxylation is 2. The molecule has 0 saturated heterocycles. The summed E-state index contributed by atoms with van der Waals surface area (Å²) in [5.74, 6) is 0.274. The maximum atomic E-state index is 11.6. The van der Waals surface area contributed by atoms with Gasteiger partial charge in [0.15, 0.2) is 5.76 Å². The number of primary amides is 1. The zero-order valence-corrected chi connectivity index (χ0v) is 15.4. The third kappa shape index (κ3) is 2.41. The first-order chi connectivity index (χ1) is 13.7. The van der Waals surface area contributed by atoms with Crippen LogP contribution in [0.1, 0.15) is 27.2 Å². The number of pyridine rings is 1. The number of nitrogens with two attached hydrogens (primary N) is 1. The lowest BCUT2D eigenvalue weighted by atomic mass is 9.99. The summed E-state index contributed by atoms with van der Waals surface area (Å²) in [5, 5.41) is 0. The summed E-state index contributed by atoms with van der Waals surface area (Å²) in [4.78, 5) is 16.3. The SMILES string of the molecule is COc1ccc2c(n1)c(CCc1ccoc1C(N)=O)c1n2Cc2ccccc2-1. The lowest BCUT2D eigenvalue weighted by Gasteiger charge is -2.05. The van der Waals surface area contributed by atoms with Gasteiger partial charge in [0.05, 0.1) is 30.1 Å². The molecule has 4 aromatic rings. The highest BCUT2D eigenvalue weighted by molar-refractivity contribution is 5.93. The van der Waals surface area contributed by atoms with Crippen molar-refractivity contribution in [3.63, 3.8) is 0 Å². The number of methoxy groups -OCH3 is 1. The zero-order valence-electron chi connectivity index (χ0n) is 15.4. The Balaban J connectivity index is 1.65. The fraction of sp³-hybridized carbons (Fsp3) is 0.182. The van der Waals surface area contributed by atoms with E-state index in [0.29, 0.717) is 18.7 Å². The monoisotopic (exact) mass is 373 g/mol. The topological polar surface area (TPSA) is 83.3 Å². The van der Waals surface area contributed by atoms with Crippen molar-refractivity contribution in [3.8, 4) is 17.1 Å². The summed E-state index contributed by atoms with van der Waals surface area (Å²) in [6, 6.07) is 14.2. The van der Waals surface area contributed by atoms with Gasteiger partial charge in [0, 0.05) is 29.3 Å². The molecular weight excluding hydrogens is 354 g/mol. The standard InChI is InChI=1S/C22H19N3O3/c1-27-18-9-8-17-19(24-18)16(7-6-13-10-11-28-21(13)22(23)26)20-15-5-3-2-4-14(15)12-25(17)20/h2-5,8-11H,6-7,12H2,1H3,(H2,23,26). The van der Waals surface area contributed by atoms with Gasteiger partial charge in [-0.05, 0) is 30.5 Å². The smallest absolute Gasteiger partial charge is 0.284 e. The number of benzene rings is 1. The number of carbonyl (C=O) groups excluding carboxylic acids is 1. The number of ether oxygens (including phenoxy) is 1. The largest absolute Gasteiger partial charge is 0.481 e. The number of carbonyl (C=O) groups is 1. The van der Waals surface area contributed by atoms with Gasteiger partial charge in [0.1, 0.15) is 0 Å². The van der Waals surface area contributed by atoms with Crippen molar-refractivity contribution in [2.75, 3.05) is 7.11 Å². The number of fused-ring (bicyclic) bond motifs is 5. The number of amides is 1. The predicted octanol–water partition coefficient (Wildman–Crippen LogP) is 3.55. The summed E-state index contributed by atoms with van der Waals surface area (Å²) >= 11 is 0. The van der Waals surface area contributed by atoms with Crippen LogP contribution in [-0.2, 0) is 19.4 Å². The van der Waals surface area contributed by atoms with Crippen LogP contribution in [0.25, 0.3) is 22.3 Å². The molecule has 0 fully saturated rings. The molecule has 0 unspecified atom stereocenters. The van der Waals surface area contributed by atoms with Crippen LogP contribution < -0.4 is 10.5 Å². The highest BCUT2D eigenvalue weighted by Gasteiger charge is 2.27. The number of hydrogen-bond donors (Lipinski definition) is 1. The Morgan fingerprint density at radius 2 is 2.07 bits per heavy atom. The van der Waals surface area contributed by atoms with Crippen molar-refractivity contribution in [2.45, 2.75) is 19.4 Å². The van der Waals surface area contributed by atoms with Crippen LogP contribution in [0.2, 0.25) is 0 Å². The van der Waals surface area contributed by atoms with Crippen LogP contribution in [0.15, 0.2) is 53.1 Å². The first-order valence-corrected chi connectivity index (χ1v) is 9.18. The molecule has 3 aromatic heterocycles. The maximum Gasteiger partial charge on any atom is 0.284 e. The molecule has 28 heavy (non-hydrogen) atoms. The van der Waals surface area contributed by atoms with Crippen molar-refractivity contribution in [1.29, 1.82) is 0 Å². The fourth-order valence-electron chi connectivity index (χ4n) is 4.16. The Morgan fingerprint density at radius 3 is 2.89 bits per heavy atom. The van der Waals surface area contributed by atoms with Crippen LogP contribution in [0, 0.1) is 0 Å². The minimum Gasteiger partial charge on any atom is -0.481 e. The van der Waals surface area contributed by atoms with E-state index >= 15 is 0 Å². The third-order valence-corrected chi connectivity index (χ3v) is 5.41. The predicted molar refractivity (Wildman–Crippen MR) is 105 cm³/mol. The van der Waals surface area contributed by atoms with Gasteiger partial charge in [-0.3, -0.25) is 4.79 Å². The van der Waals surface area contributed by atoms with Crippen LogP contribution in [-0.4, -0.2) is 22.6 Å². The summed E-state index contributed by atoms with van der Waals surface area (Å²) < 4.78 is 12.9. The molecule has 140 valence electrons. The van der Waals surface area contributed by atoms with Crippen LogP contribution >= 0.6 is 0 Å². The molecule has 4 heterocycles. The van der Waals surface area contributed by atoms with Gasteiger partial charge >= 0.3 is 0 Å². The average molecular weight is 373 g/mol. The molecule has 1 aromatic carbocycles. The Hall–Kier alpha value is -3.54. The fourth-order valence-corrected chi connectivity index (χ4v) is 4.16. The zero-order chi connectivity index (χ0) is 19.3. The molecule has 6 nitrogen and oxygen atoms in total. The molecule has 0 saturated carbocycles. The lowest BCUT2D eigenvalue weighted by Crippen LogP contribution is -2.12. The Morgan fingerprint density at radius 1 is 1.21 bits per heavy atom. The van der Waals surface area contributed by atoms with E-state index in [9.17, 15) is 4.79 Å². The molecule has 0 radical (unpaired) electrons. The quantitative estimate of drug-likeness (QED) is 0.511. The van der Waals surface area contributed by atoms with Crippen molar-refractivity contribution in [1.82, 2.24) is 9.55 Å². The van der Waals surface area contributed by atoms with Crippen molar-refractivity contribution in [3.05, 3.63) is 71.2 Å². The second kappa shape index (κ2) is 6.27. The van der Waals surface area contributed by atoms with E-state index in [1.165, 1.54) is 23.1 Å². The summed E-state index contributed by atoms with van der Waals surface area (Å²) in [5.41, 5.74) is 13.1. The van der Waals surface area contributed by atoms with E-state index in [4.69, 9.17) is 19.9 Å². The normalized spacial score (nSPS) is 12.2. The van der Waals surface area contributed by atoms with E-state index in [0.717, 1.165) is 28.7 Å². The molecule has 6 heteroatoms. The van der Waals surface area contributed by atoms with Gasteiger partial charge in [-0.1, -0.05) is 24.3 Å². The van der Waals surface area contributed by atoms with Gasteiger partial charge in [-0.25, -0.2) is 4.98 Å². The Kier molecular flexibility index (Phi) is 3.72. The summed E-state index contributed by atoms with van der Waals surface area (Å²) in [6.07, 6.45) is 2.86. The molecule has 1 aliphatic rings. The van der Waals surface area contributed by atoms with Crippen LogP contribution in [0.5, 0.6) is 5.88 Å². The van der Waals surface area contributed by atoms with E-state index in [-0.39, 0.29) is 5.76 Å². The van der Waals surface area contributed by atoms with E-state index in [2.05, 4.69) is 34.9 Å². The molecular formula is C22H19N3O3. The third-order valence-electron chi connectivity index (χ3n) is 5.41. The van der Waals surface area contributed by atoms with Gasteiger partial charge in [0.2, 0.25) is 5.88 Å². The Bertz CT molecular complexity index is 1220. The number of nitrogens with zero attached hydrogens (tertiary/aromatic N) is 2. The first-order valence-electron chi connectivity index (χ1n) is 9.18. The van der Waals surface area contributed by atoms with E-state index < -0.39 is 5.91 Å². The number of hydrogen-bond acceptors (Lipinski definition) is 4. The molecule has 0 aliphatic carbocycles. The summed E-state index contributed by atoms with van der Waals surface area (Å²) in [7, 11) is 1.62. The van der Waals surface area contributed by atoms with Crippen LogP contribution in [0.4, 0.5) is 0 Å². The highest BCUT2D eigenvalue weighted by Crippen LogP contribution is 2.41. The second-order valence-corrected chi connectivity index (χ2v) is 6.93. The van der Waals surface area contributed by atoms with Gasteiger partial charge in [-0.2, -0.15) is 0 Å². The Labute approximate surface area is 161 Å². The molecule has 2 N–H and O–H groups in total. The van der Waals surface area contributed by atoms with Crippen molar-refractivity contribution >= 4 is 16.9 Å². The minimum absolute atomic E-state index is 0.228. The van der Waals surface area contributed by atoms with E-state index in [1.54, 1.807) is 13.2 Å².